The maximum atomic E-state index is 11.0. The zero-order valence-electron chi connectivity index (χ0n) is 8.79. The number of hydrogen-bond donors (Lipinski definition) is 0. The first-order chi connectivity index (χ1) is 5.97. The summed E-state index contributed by atoms with van der Waals surface area (Å²) in [6.45, 7) is 9.39. The second-order valence-electron chi connectivity index (χ2n) is 3.35. The molecule has 0 fully saturated rings. The van der Waals surface area contributed by atoms with E-state index in [4.69, 9.17) is 9.16 Å². The molecule has 4 heteroatoms. The van der Waals surface area contributed by atoms with Gasteiger partial charge in [0.15, 0.2) is 0 Å². The second kappa shape index (κ2) is 5.19. The maximum absolute atomic E-state index is 11.0. The lowest BCUT2D eigenvalue weighted by molar-refractivity contribution is -0.140. The standard InChI is InChI=1S/C9H18O3Si/c1-6-8(10)12-9(7-2)13(4,5)11-3/h6,9H,1,7H2,2-5H3. The monoisotopic (exact) mass is 202 g/mol. The molecule has 0 aliphatic rings. The van der Waals surface area contributed by atoms with Gasteiger partial charge in [-0.1, -0.05) is 13.5 Å². The van der Waals surface area contributed by atoms with E-state index >= 15 is 0 Å². The molecule has 0 amide bonds. The van der Waals surface area contributed by atoms with Crippen LogP contribution in [0.4, 0.5) is 0 Å². The third-order valence-electron chi connectivity index (χ3n) is 2.10. The van der Waals surface area contributed by atoms with Gasteiger partial charge >= 0.3 is 5.97 Å². The van der Waals surface area contributed by atoms with Gasteiger partial charge in [0.25, 0.3) is 0 Å². The first-order valence-electron chi connectivity index (χ1n) is 4.36. The fourth-order valence-electron chi connectivity index (χ4n) is 1.04. The molecule has 0 bridgehead atoms. The number of rotatable bonds is 5. The number of carbonyl (C=O) groups excluding carboxylic acids is 1. The molecule has 0 aromatic carbocycles. The van der Waals surface area contributed by atoms with Crippen LogP contribution in [0.5, 0.6) is 0 Å². The van der Waals surface area contributed by atoms with Gasteiger partial charge in [0.05, 0.1) is 0 Å². The minimum absolute atomic E-state index is 0.0944. The third kappa shape index (κ3) is 3.74. The first kappa shape index (κ1) is 12.4. The second-order valence-corrected chi connectivity index (χ2v) is 7.60. The highest BCUT2D eigenvalue weighted by atomic mass is 28.4. The van der Waals surface area contributed by atoms with Crippen LogP contribution in [0.3, 0.4) is 0 Å². The molecule has 0 N–H and O–H groups in total. The summed E-state index contributed by atoms with van der Waals surface area (Å²) in [5.74, 6) is -0.371. The van der Waals surface area contributed by atoms with Gasteiger partial charge < -0.3 is 9.16 Å². The highest BCUT2D eigenvalue weighted by molar-refractivity contribution is 6.72. The van der Waals surface area contributed by atoms with E-state index in [1.54, 1.807) is 7.11 Å². The Kier molecular flexibility index (Phi) is 4.94. The minimum atomic E-state index is -1.88. The van der Waals surface area contributed by atoms with Crippen LogP contribution in [0.1, 0.15) is 13.3 Å². The predicted octanol–water partition coefficient (Wildman–Crippen LogP) is 1.88. The Morgan fingerprint density at radius 3 is 2.46 bits per heavy atom. The average Bonchev–Trinajstić information content (AvgIpc) is 2.13. The molecule has 0 aromatic heterocycles. The minimum Gasteiger partial charge on any atom is -0.460 e. The van der Waals surface area contributed by atoms with Crippen molar-refractivity contribution in [3.05, 3.63) is 12.7 Å². The molecule has 0 saturated heterocycles. The highest BCUT2D eigenvalue weighted by Crippen LogP contribution is 2.16. The maximum Gasteiger partial charge on any atom is 0.330 e. The van der Waals surface area contributed by atoms with Crippen molar-refractivity contribution in [2.45, 2.75) is 32.2 Å². The van der Waals surface area contributed by atoms with Gasteiger partial charge in [-0.05, 0) is 19.5 Å². The third-order valence-corrected chi connectivity index (χ3v) is 5.23. The van der Waals surface area contributed by atoms with Crippen LogP contribution in [-0.2, 0) is 14.0 Å². The van der Waals surface area contributed by atoms with Gasteiger partial charge in [0.1, 0.15) is 5.73 Å². The van der Waals surface area contributed by atoms with Crippen LogP contribution >= 0.6 is 0 Å². The predicted molar refractivity (Wildman–Crippen MR) is 54.9 cm³/mol. The van der Waals surface area contributed by atoms with Gasteiger partial charge in [0, 0.05) is 13.2 Å². The van der Waals surface area contributed by atoms with E-state index in [0.717, 1.165) is 6.42 Å². The average molecular weight is 202 g/mol. The Morgan fingerprint density at radius 2 is 2.15 bits per heavy atom. The van der Waals surface area contributed by atoms with Gasteiger partial charge in [-0.15, -0.1) is 0 Å². The largest absolute Gasteiger partial charge is 0.460 e. The lowest BCUT2D eigenvalue weighted by atomic mass is 10.5. The van der Waals surface area contributed by atoms with E-state index in [-0.39, 0.29) is 11.7 Å². The molecule has 1 unspecified atom stereocenters. The molecule has 0 aromatic rings. The Balaban J connectivity index is 4.33. The summed E-state index contributed by atoms with van der Waals surface area (Å²) in [4.78, 5) is 11.0. The van der Waals surface area contributed by atoms with Crippen LogP contribution < -0.4 is 0 Å². The SMILES string of the molecule is C=CC(=O)OC(CC)[Si](C)(C)OC. The topological polar surface area (TPSA) is 35.5 Å². The van der Waals surface area contributed by atoms with Gasteiger partial charge in [-0.3, -0.25) is 0 Å². The Hall–Kier alpha value is -0.613. The molecule has 0 heterocycles. The van der Waals surface area contributed by atoms with Gasteiger partial charge in [0.2, 0.25) is 8.32 Å². The Bertz CT molecular complexity index is 189. The highest BCUT2D eigenvalue weighted by Gasteiger charge is 2.34. The Labute approximate surface area is 80.9 Å². The molecule has 76 valence electrons. The molecule has 0 saturated carbocycles. The molecule has 1 atom stereocenters. The zero-order valence-corrected chi connectivity index (χ0v) is 9.79. The fourth-order valence-corrected chi connectivity index (χ4v) is 2.68. The number of hydrogen-bond acceptors (Lipinski definition) is 3. The van der Waals surface area contributed by atoms with Crippen molar-refractivity contribution in [1.29, 1.82) is 0 Å². The summed E-state index contributed by atoms with van der Waals surface area (Å²) >= 11 is 0. The van der Waals surface area contributed by atoms with E-state index in [2.05, 4.69) is 6.58 Å². The molecule has 0 spiro atoms. The Morgan fingerprint density at radius 1 is 1.62 bits per heavy atom. The van der Waals surface area contributed by atoms with Crippen molar-refractivity contribution in [2.24, 2.45) is 0 Å². The van der Waals surface area contributed by atoms with Gasteiger partial charge in [-0.2, -0.15) is 0 Å². The van der Waals surface area contributed by atoms with Crippen LogP contribution in [-0.4, -0.2) is 27.1 Å². The molecule has 0 aliphatic carbocycles. The lowest BCUT2D eigenvalue weighted by Gasteiger charge is -2.28. The molecule has 0 aliphatic heterocycles. The van der Waals surface area contributed by atoms with Crippen LogP contribution in [0.2, 0.25) is 13.1 Å². The smallest absolute Gasteiger partial charge is 0.330 e. The van der Waals surface area contributed by atoms with Crippen molar-refractivity contribution in [3.63, 3.8) is 0 Å². The molecule has 3 nitrogen and oxygen atoms in total. The normalized spacial score (nSPS) is 13.5. The number of ether oxygens (including phenoxy) is 1. The summed E-state index contributed by atoms with van der Waals surface area (Å²) < 4.78 is 10.5. The molecular formula is C9H18O3Si. The molecule has 13 heavy (non-hydrogen) atoms. The summed E-state index contributed by atoms with van der Waals surface area (Å²) in [6.07, 6.45) is 1.97. The summed E-state index contributed by atoms with van der Waals surface area (Å²) in [5, 5.41) is 0. The lowest BCUT2D eigenvalue weighted by Crippen LogP contribution is -2.46. The summed E-state index contributed by atoms with van der Waals surface area (Å²) in [7, 11) is -0.213. The van der Waals surface area contributed by atoms with Crippen molar-refractivity contribution < 1.29 is 14.0 Å². The fraction of sp³-hybridized carbons (Fsp3) is 0.667. The zero-order chi connectivity index (χ0) is 10.5. The van der Waals surface area contributed by atoms with Crippen molar-refractivity contribution in [2.75, 3.05) is 7.11 Å². The summed E-state index contributed by atoms with van der Waals surface area (Å²) in [6, 6.07) is 0. The van der Waals surface area contributed by atoms with Crippen molar-refractivity contribution >= 4 is 14.3 Å². The van der Waals surface area contributed by atoms with Crippen molar-refractivity contribution in [1.82, 2.24) is 0 Å². The van der Waals surface area contributed by atoms with Crippen molar-refractivity contribution in [3.8, 4) is 0 Å². The first-order valence-corrected chi connectivity index (χ1v) is 7.34. The van der Waals surface area contributed by atoms with Crippen LogP contribution in [0.25, 0.3) is 0 Å². The molecular weight excluding hydrogens is 184 g/mol. The van der Waals surface area contributed by atoms with E-state index in [9.17, 15) is 4.79 Å². The number of esters is 1. The molecule has 0 radical (unpaired) electrons. The molecule has 0 rings (SSSR count). The number of carbonyl (C=O) groups is 1. The van der Waals surface area contributed by atoms with Gasteiger partial charge in [-0.25, -0.2) is 4.79 Å². The van der Waals surface area contributed by atoms with Crippen LogP contribution in [0, 0.1) is 0 Å². The van der Waals surface area contributed by atoms with E-state index < -0.39 is 8.32 Å². The van der Waals surface area contributed by atoms with E-state index in [1.165, 1.54) is 6.08 Å². The quantitative estimate of drug-likeness (QED) is 0.388. The summed E-state index contributed by atoms with van der Waals surface area (Å²) in [5.41, 5.74) is -0.0944. The van der Waals surface area contributed by atoms with Crippen LogP contribution in [0.15, 0.2) is 12.7 Å². The van der Waals surface area contributed by atoms with E-state index in [0.29, 0.717) is 0 Å². The van der Waals surface area contributed by atoms with E-state index in [1.807, 2.05) is 20.0 Å².